The van der Waals surface area contributed by atoms with Gasteiger partial charge in [-0.2, -0.15) is 0 Å². The summed E-state index contributed by atoms with van der Waals surface area (Å²) in [6, 6.07) is 6.77. The number of benzene rings is 1. The Labute approximate surface area is 124 Å². The highest BCUT2D eigenvalue weighted by Gasteiger charge is 2.11. The Kier molecular flexibility index (Phi) is 4.96. The predicted octanol–water partition coefficient (Wildman–Crippen LogP) is 4.51. The van der Waals surface area contributed by atoms with Crippen LogP contribution in [0.5, 0.6) is 5.75 Å². The normalized spacial score (nSPS) is 12.4. The third-order valence-corrected chi connectivity index (χ3v) is 4.54. The molecule has 2 aromatic rings. The Morgan fingerprint density at radius 1 is 1.42 bits per heavy atom. The number of nitrogens with one attached hydrogen (secondary N) is 1. The molecule has 1 aromatic heterocycles. The van der Waals surface area contributed by atoms with Gasteiger partial charge in [0.25, 0.3) is 0 Å². The minimum absolute atomic E-state index is 0.116. The predicted molar refractivity (Wildman–Crippen MR) is 80.2 cm³/mol. The van der Waals surface area contributed by atoms with Gasteiger partial charge < -0.3 is 10.1 Å². The number of hydrogen-bond donors (Lipinski definition) is 1. The fourth-order valence-corrected chi connectivity index (χ4v) is 3.09. The van der Waals surface area contributed by atoms with E-state index in [2.05, 4.69) is 21.2 Å². The fourth-order valence-electron chi connectivity index (χ4n) is 1.72. The molecule has 0 aliphatic heterocycles. The Bertz CT molecular complexity index is 558. The lowest BCUT2D eigenvalue weighted by atomic mass is 10.1. The molecule has 0 amide bonds. The number of halogens is 2. The molecule has 1 atom stereocenters. The standard InChI is InChI=1S/C14H15BrFNOS/c1-9(17-2)13-4-3-11(16)6-14(13)18-7-12-5-10(15)8-19-12/h3-6,8-9,17H,7H2,1-2H3. The van der Waals surface area contributed by atoms with E-state index in [1.807, 2.05) is 25.4 Å². The van der Waals surface area contributed by atoms with Gasteiger partial charge in [0, 0.05) is 32.4 Å². The third-order valence-electron chi connectivity index (χ3n) is 2.87. The molecule has 1 aromatic carbocycles. The van der Waals surface area contributed by atoms with Crippen LogP contribution >= 0.6 is 27.3 Å². The van der Waals surface area contributed by atoms with Crippen LogP contribution in [0.25, 0.3) is 0 Å². The molecule has 2 nitrogen and oxygen atoms in total. The van der Waals surface area contributed by atoms with Crippen molar-refractivity contribution in [3.63, 3.8) is 0 Å². The quantitative estimate of drug-likeness (QED) is 0.862. The first kappa shape index (κ1) is 14.5. The molecule has 1 unspecified atom stereocenters. The van der Waals surface area contributed by atoms with Crippen molar-refractivity contribution in [1.82, 2.24) is 5.32 Å². The van der Waals surface area contributed by atoms with Crippen molar-refractivity contribution in [3.05, 3.63) is 50.4 Å². The van der Waals surface area contributed by atoms with Crippen molar-refractivity contribution in [2.45, 2.75) is 19.6 Å². The maximum absolute atomic E-state index is 13.3. The van der Waals surface area contributed by atoms with E-state index in [1.54, 1.807) is 17.4 Å². The first-order valence-corrected chi connectivity index (χ1v) is 7.60. The van der Waals surface area contributed by atoms with Crippen LogP contribution in [0, 0.1) is 5.82 Å². The van der Waals surface area contributed by atoms with Crippen LogP contribution in [-0.4, -0.2) is 7.05 Å². The lowest BCUT2D eigenvalue weighted by molar-refractivity contribution is 0.302. The summed E-state index contributed by atoms with van der Waals surface area (Å²) >= 11 is 5.02. The Hall–Kier alpha value is -0.910. The van der Waals surface area contributed by atoms with Crippen molar-refractivity contribution in [3.8, 4) is 5.75 Å². The minimum atomic E-state index is -0.283. The second-order valence-electron chi connectivity index (χ2n) is 4.21. The summed E-state index contributed by atoms with van der Waals surface area (Å²) in [7, 11) is 1.87. The molecule has 1 N–H and O–H groups in total. The molecular formula is C14H15BrFNOS. The zero-order valence-electron chi connectivity index (χ0n) is 10.7. The summed E-state index contributed by atoms with van der Waals surface area (Å²) in [4.78, 5) is 1.10. The van der Waals surface area contributed by atoms with Gasteiger partial charge in [-0.25, -0.2) is 4.39 Å². The highest BCUT2D eigenvalue weighted by atomic mass is 79.9. The van der Waals surface area contributed by atoms with Gasteiger partial charge in [-0.05, 0) is 42.0 Å². The van der Waals surface area contributed by atoms with Gasteiger partial charge in [0.2, 0.25) is 0 Å². The third kappa shape index (κ3) is 3.78. The van der Waals surface area contributed by atoms with E-state index in [9.17, 15) is 4.39 Å². The molecule has 0 aliphatic carbocycles. The Balaban J connectivity index is 2.16. The van der Waals surface area contributed by atoms with Gasteiger partial charge in [0.05, 0.1) is 0 Å². The molecule has 0 radical (unpaired) electrons. The SMILES string of the molecule is CNC(C)c1ccc(F)cc1OCc1cc(Br)cs1. The zero-order chi connectivity index (χ0) is 13.8. The van der Waals surface area contributed by atoms with Gasteiger partial charge in [-0.15, -0.1) is 11.3 Å². The first-order chi connectivity index (χ1) is 9.10. The monoisotopic (exact) mass is 343 g/mol. The van der Waals surface area contributed by atoms with Gasteiger partial charge >= 0.3 is 0 Å². The van der Waals surface area contributed by atoms with Gasteiger partial charge in [0.15, 0.2) is 0 Å². The Morgan fingerprint density at radius 2 is 2.21 bits per heavy atom. The second-order valence-corrected chi connectivity index (χ2v) is 6.12. The van der Waals surface area contributed by atoms with Crippen LogP contribution in [0.2, 0.25) is 0 Å². The summed E-state index contributed by atoms with van der Waals surface area (Å²) < 4.78 is 20.1. The average molecular weight is 344 g/mol. The smallest absolute Gasteiger partial charge is 0.127 e. The summed E-state index contributed by atoms with van der Waals surface area (Å²) in [6.07, 6.45) is 0. The molecule has 19 heavy (non-hydrogen) atoms. The van der Waals surface area contributed by atoms with Crippen LogP contribution in [0.1, 0.15) is 23.4 Å². The first-order valence-electron chi connectivity index (χ1n) is 5.92. The molecule has 0 aliphatic rings. The molecular weight excluding hydrogens is 329 g/mol. The lowest BCUT2D eigenvalue weighted by Gasteiger charge is -2.16. The van der Waals surface area contributed by atoms with E-state index in [0.29, 0.717) is 12.4 Å². The van der Waals surface area contributed by atoms with E-state index >= 15 is 0 Å². The Morgan fingerprint density at radius 3 is 2.84 bits per heavy atom. The highest BCUT2D eigenvalue weighted by Crippen LogP contribution is 2.28. The van der Waals surface area contributed by atoms with E-state index < -0.39 is 0 Å². The van der Waals surface area contributed by atoms with Crippen LogP contribution in [0.4, 0.5) is 4.39 Å². The van der Waals surface area contributed by atoms with Crippen molar-refractivity contribution in [2.75, 3.05) is 7.05 Å². The number of rotatable bonds is 5. The lowest BCUT2D eigenvalue weighted by Crippen LogP contribution is -2.13. The van der Waals surface area contributed by atoms with Crippen LogP contribution in [0.15, 0.2) is 34.1 Å². The van der Waals surface area contributed by atoms with Crippen molar-refractivity contribution in [1.29, 1.82) is 0 Å². The van der Waals surface area contributed by atoms with E-state index in [0.717, 1.165) is 14.9 Å². The minimum Gasteiger partial charge on any atom is -0.488 e. The molecule has 0 fully saturated rings. The van der Waals surface area contributed by atoms with E-state index in [-0.39, 0.29) is 11.9 Å². The molecule has 0 spiro atoms. The summed E-state index contributed by atoms with van der Waals surface area (Å²) in [5.74, 6) is 0.306. The van der Waals surface area contributed by atoms with Crippen LogP contribution in [-0.2, 0) is 6.61 Å². The second kappa shape index (κ2) is 6.50. The summed E-state index contributed by atoms with van der Waals surface area (Å²) in [5, 5.41) is 5.14. The zero-order valence-corrected chi connectivity index (χ0v) is 13.1. The van der Waals surface area contributed by atoms with Gasteiger partial charge in [-0.1, -0.05) is 6.07 Å². The molecule has 2 rings (SSSR count). The average Bonchev–Trinajstić information content (AvgIpc) is 2.81. The summed E-state index contributed by atoms with van der Waals surface area (Å²) in [5.41, 5.74) is 0.958. The fraction of sp³-hybridized carbons (Fsp3) is 0.286. The molecule has 5 heteroatoms. The molecule has 1 heterocycles. The van der Waals surface area contributed by atoms with Gasteiger partial charge in [0.1, 0.15) is 18.2 Å². The molecule has 0 bridgehead atoms. The van der Waals surface area contributed by atoms with Crippen molar-refractivity contribution in [2.24, 2.45) is 0 Å². The number of ether oxygens (including phenoxy) is 1. The molecule has 0 saturated carbocycles. The van der Waals surface area contributed by atoms with E-state index in [4.69, 9.17) is 4.74 Å². The van der Waals surface area contributed by atoms with Crippen molar-refractivity contribution < 1.29 is 9.13 Å². The van der Waals surface area contributed by atoms with Crippen LogP contribution < -0.4 is 10.1 Å². The summed E-state index contributed by atoms with van der Waals surface area (Å²) in [6.45, 7) is 2.46. The molecule has 0 saturated heterocycles. The van der Waals surface area contributed by atoms with E-state index in [1.165, 1.54) is 12.1 Å². The van der Waals surface area contributed by atoms with Crippen molar-refractivity contribution >= 4 is 27.3 Å². The topological polar surface area (TPSA) is 21.3 Å². The highest BCUT2D eigenvalue weighted by molar-refractivity contribution is 9.10. The number of thiophene rings is 1. The maximum atomic E-state index is 13.3. The van der Waals surface area contributed by atoms with Gasteiger partial charge in [-0.3, -0.25) is 0 Å². The maximum Gasteiger partial charge on any atom is 0.127 e. The van der Waals surface area contributed by atoms with Crippen LogP contribution in [0.3, 0.4) is 0 Å². The molecule has 102 valence electrons. The largest absolute Gasteiger partial charge is 0.488 e. The number of hydrogen-bond acceptors (Lipinski definition) is 3.